The number of ketones is 1. The fourth-order valence-electron chi connectivity index (χ4n) is 1.71. The van der Waals surface area contributed by atoms with Gasteiger partial charge in [0.15, 0.2) is 5.78 Å². The molecule has 1 aromatic carbocycles. The first-order chi connectivity index (χ1) is 8.60. The number of halogens is 1. The van der Waals surface area contributed by atoms with E-state index in [9.17, 15) is 4.79 Å². The van der Waals surface area contributed by atoms with Crippen LogP contribution in [0.2, 0.25) is 0 Å². The van der Waals surface area contributed by atoms with Crippen LogP contribution in [0.15, 0.2) is 34.9 Å². The topological polar surface area (TPSA) is 44.1 Å². The summed E-state index contributed by atoms with van der Waals surface area (Å²) in [5.41, 5.74) is 1.33. The van der Waals surface area contributed by atoms with Crippen molar-refractivity contribution in [3.63, 3.8) is 0 Å². The zero-order chi connectivity index (χ0) is 13.1. The van der Waals surface area contributed by atoms with Crippen molar-refractivity contribution in [1.29, 1.82) is 0 Å². The Kier molecular flexibility index (Phi) is 3.81. The maximum Gasteiger partial charge on any atom is 0.172 e. The molecule has 0 aliphatic carbocycles. The molecular weight excluding hydrogens is 296 g/mol. The molecule has 0 atom stereocenters. The van der Waals surface area contributed by atoms with Gasteiger partial charge in [-0.2, -0.15) is 5.10 Å². The number of hydrogen-bond donors (Lipinski definition) is 0. The molecule has 94 valence electrons. The van der Waals surface area contributed by atoms with E-state index in [2.05, 4.69) is 21.0 Å². The van der Waals surface area contributed by atoms with Crippen LogP contribution in [-0.2, 0) is 13.5 Å². The molecule has 0 aliphatic rings. The summed E-state index contributed by atoms with van der Waals surface area (Å²) in [6, 6.07) is 7.21. The van der Waals surface area contributed by atoms with Crippen molar-refractivity contribution in [1.82, 2.24) is 9.78 Å². The third-order valence-corrected chi connectivity index (χ3v) is 3.07. The van der Waals surface area contributed by atoms with Crippen molar-refractivity contribution >= 4 is 21.7 Å². The van der Waals surface area contributed by atoms with Gasteiger partial charge < -0.3 is 4.74 Å². The number of carbonyl (C=O) groups excluding carboxylic acids is 1. The van der Waals surface area contributed by atoms with E-state index in [0.717, 1.165) is 10.2 Å². The van der Waals surface area contributed by atoms with E-state index in [1.54, 1.807) is 23.9 Å². The largest absolute Gasteiger partial charge is 0.496 e. The van der Waals surface area contributed by atoms with Crippen molar-refractivity contribution in [2.24, 2.45) is 7.05 Å². The zero-order valence-electron chi connectivity index (χ0n) is 10.2. The molecule has 0 N–H and O–H groups in total. The molecule has 2 rings (SSSR count). The molecule has 1 aromatic heterocycles. The monoisotopic (exact) mass is 308 g/mol. The average Bonchev–Trinajstić information content (AvgIpc) is 2.74. The maximum atomic E-state index is 12.2. The van der Waals surface area contributed by atoms with E-state index >= 15 is 0 Å². The molecule has 0 spiro atoms. The number of aromatic nitrogens is 2. The fourth-order valence-corrected chi connectivity index (χ4v) is 2.05. The Hall–Kier alpha value is -1.62. The number of benzene rings is 1. The normalized spacial score (nSPS) is 10.4. The Labute approximate surface area is 114 Å². The van der Waals surface area contributed by atoms with Crippen molar-refractivity contribution < 1.29 is 9.53 Å². The molecule has 0 aliphatic heterocycles. The van der Waals surface area contributed by atoms with E-state index in [1.165, 1.54) is 0 Å². The number of hydrogen-bond acceptors (Lipinski definition) is 3. The van der Waals surface area contributed by atoms with Crippen LogP contribution in [0.1, 0.15) is 16.1 Å². The fraction of sp³-hybridized carbons (Fsp3) is 0.231. The second-order valence-corrected chi connectivity index (χ2v) is 4.84. The number of aryl methyl sites for hydroxylation is 1. The van der Waals surface area contributed by atoms with Crippen molar-refractivity contribution in [3.8, 4) is 5.75 Å². The summed E-state index contributed by atoms with van der Waals surface area (Å²) in [5.74, 6) is 0.573. The molecule has 5 heteroatoms. The number of nitrogens with zero attached hydrogens (tertiary/aromatic N) is 2. The summed E-state index contributed by atoms with van der Waals surface area (Å²) in [4.78, 5) is 12.2. The lowest BCUT2D eigenvalue weighted by Crippen LogP contribution is -2.06. The summed E-state index contributed by atoms with van der Waals surface area (Å²) in [7, 11) is 3.38. The molecule has 2 aromatic rings. The number of carbonyl (C=O) groups is 1. The van der Waals surface area contributed by atoms with Crippen molar-refractivity contribution in [3.05, 3.63) is 46.2 Å². The number of ether oxygens (including phenoxy) is 1. The lowest BCUT2D eigenvalue weighted by atomic mass is 10.1. The smallest absolute Gasteiger partial charge is 0.172 e. The van der Waals surface area contributed by atoms with Gasteiger partial charge in [0.1, 0.15) is 5.75 Å². The van der Waals surface area contributed by atoms with Gasteiger partial charge in [0.25, 0.3) is 0 Å². The predicted molar refractivity (Wildman–Crippen MR) is 71.9 cm³/mol. The molecule has 0 fully saturated rings. The van der Waals surface area contributed by atoms with Crippen molar-refractivity contribution in [2.45, 2.75) is 6.42 Å². The van der Waals surface area contributed by atoms with Gasteiger partial charge in [-0.25, -0.2) is 0 Å². The van der Waals surface area contributed by atoms with Crippen LogP contribution < -0.4 is 4.74 Å². The van der Waals surface area contributed by atoms with Gasteiger partial charge in [0, 0.05) is 17.7 Å². The molecular formula is C13H13BrN2O2. The zero-order valence-corrected chi connectivity index (χ0v) is 11.8. The van der Waals surface area contributed by atoms with Gasteiger partial charge in [-0.05, 0) is 24.3 Å². The molecule has 0 radical (unpaired) electrons. The SMILES string of the molecule is COc1cc(Br)ccc1C(=O)Cc1ccn(C)n1. The molecule has 1 heterocycles. The quantitative estimate of drug-likeness (QED) is 0.816. The van der Waals surface area contributed by atoms with Gasteiger partial charge in [0.2, 0.25) is 0 Å². The summed E-state index contributed by atoms with van der Waals surface area (Å²) in [6.45, 7) is 0. The highest BCUT2D eigenvalue weighted by Gasteiger charge is 2.14. The Bertz CT molecular complexity index is 578. The highest BCUT2D eigenvalue weighted by molar-refractivity contribution is 9.10. The molecule has 18 heavy (non-hydrogen) atoms. The highest BCUT2D eigenvalue weighted by Crippen LogP contribution is 2.24. The van der Waals surface area contributed by atoms with Gasteiger partial charge in [-0.3, -0.25) is 9.48 Å². The lowest BCUT2D eigenvalue weighted by Gasteiger charge is -2.07. The minimum absolute atomic E-state index is 0.00181. The van der Waals surface area contributed by atoms with Crippen LogP contribution in [-0.4, -0.2) is 22.7 Å². The molecule has 0 saturated carbocycles. The van der Waals surface area contributed by atoms with Gasteiger partial charge in [-0.1, -0.05) is 15.9 Å². The molecule has 0 bridgehead atoms. The summed E-state index contributed by atoms with van der Waals surface area (Å²) in [6.07, 6.45) is 2.10. The van der Waals surface area contributed by atoms with E-state index in [-0.39, 0.29) is 12.2 Å². The van der Waals surface area contributed by atoms with Crippen molar-refractivity contribution in [2.75, 3.05) is 7.11 Å². The minimum Gasteiger partial charge on any atom is -0.496 e. The Balaban J connectivity index is 2.23. The lowest BCUT2D eigenvalue weighted by molar-refractivity contribution is 0.0989. The number of methoxy groups -OCH3 is 1. The van der Waals surface area contributed by atoms with Gasteiger partial charge >= 0.3 is 0 Å². The molecule has 0 saturated heterocycles. The van der Waals surface area contributed by atoms with Gasteiger partial charge in [0.05, 0.1) is 24.8 Å². The Morgan fingerprint density at radius 1 is 1.44 bits per heavy atom. The van der Waals surface area contributed by atoms with E-state index < -0.39 is 0 Å². The highest BCUT2D eigenvalue weighted by atomic mass is 79.9. The van der Waals surface area contributed by atoms with Crippen LogP contribution in [0.4, 0.5) is 0 Å². The van der Waals surface area contributed by atoms with Crippen LogP contribution in [0.3, 0.4) is 0 Å². The van der Waals surface area contributed by atoms with Crippen LogP contribution in [0, 0.1) is 0 Å². The Morgan fingerprint density at radius 3 is 2.83 bits per heavy atom. The second-order valence-electron chi connectivity index (χ2n) is 3.93. The summed E-state index contributed by atoms with van der Waals surface area (Å²) in [5, 5.41) is 4.19. The Morgan fingerprint density at radius 2 is 2.22 bits per heavy atom. The molecule has 0 amide bonds. The van der Waals surface area contributed by atoms with Crippen LogP contribution >= 0.6 is 15.9 Å². The average molecular weight is 309 g/mol. The number of rotatable bonds is 4. The predicted octanol–water partition coefficient (Wildman–Crippen LogP) is 2.62. The third kappa shape index (κ3) is 2.79. The van der Waals surface area contributed by atoms with E-state index in [0.29, 0.717) is 11.3 Å². The second kappa shape index (κ2) is 5.35. The van der Waals surface area contributed by atoms with Crippen LogP contribution in [0.5, 0.6) is 5.75 Å². The summed E-state index contributed by atoms with van der Waals surface area (Å²) >= 11 is 3.35. The first-order valence-corrected chi connectivity index (χ1v) is 6.24. The minimum atomic E-state index is -0.00181. The van der Waals surface area contributed by atoms with E-state index in [4.69, 9.17) is 4.74 Å². The first-order valence-electron chi connectivity index (χ1n) is 5.45. The van der Waals surface area contributed by atoms with Crippen LogP contribution in [0.25, 0.3) is 0 Å². The third-order valence-electron chi connectivity index (χ3n) is 2.57. The maximum absolute atomic E-state index is 12.2. The molecule has 4 nitrogen and oxygen atoms in total. The van der Waals surface area contributed by atoms with Gasteiger partial charge in [-0.15, -0.1) is 0 Å². The number of Topliss-reactive ketones (excluding diaryl/α,β-unsaturated/α-hetero) is 1. The standard InChI is InChI=1S/C13H13BrN2O2/c1-16-6-5-10(15-16)8-12(17)11-4-3-9(14)7-13(11)18-2/h3-7H,8H2,1-2H3. The summed E-state index contributed by atoms with van der Waals surface area (Å²) < 4.78 is 7.78. The first kappa shape index (κ1) is 12.8. The van der Waals surface area contributed by atoms with E-state index in [1.807, 2.05) is 25.4 Å². The molecule has 0 unspecified atom stereocenters.